The van der Waals surface area contributed by atoms with E-state index < -0.39 is 0 Å². The number of hydrogen-bond acceptors (Lipinski definition) is 1. The molecular weight excluding hydrogens is 405 g/mol. The first-order valence-corrected chi connectivity index (χ1v) is 11.0. The van der Waals surface area contributed by atoms with Crippen molar-refractivity contribution in [1.29, 1.82) is 0 Å². The molecule has 0 N–H and O–H groups in total. The molecule has 33 heavy (non-hydrogen) atoms. The minimum Gasteiger partial charge on any atom is -0.311 e. The molecule has 0 saturated carbocycles. The van der Waals surface area contributed by atoms with Crippen LogP contribution in [0.3, 0.4) is 0 Å². The third-order valence-electron chi connectivity index (χ3n) is 5.75. The van der Waals surface area contributed by atoms with Gasteiger partial charge in [-0.3, -0.25) is 4.70 Å². The number of hydrogen-bond donors (Lipinski definition) is 0. The van der Waals surface area contributed by atoms with E-state index in [1.807, 2.05) is 18.2 Å². The van der Waals surface area contributed by atoms with E-state index in [-0.39, 0.29) is 4.70 Å². The highest BCUT2D eigenvalue weighted by Gasteiger charge is 2.15. The van der Waals surface area contributed by atoms with Gasteiger partial charge in [-0.1, -0.05) is 103 Å². The van der Waals surface area contributed by atoms with Gasteiger partial charge in [0.1, 0.15) is 0 Å². The molecule has 6 rings (SSSR count). The minimum atomic E-state index is 0. The van der Waals surface area contributed by atoms with Crippen LogP contribution in [-0.4, -0.2) is 0 Å². The van der Waals surface area contributed by atoms with Gasteiger partial charge >= 0.3 is 0 Å². The smallest absolute Gasteiger partial charge is 0.0461 e. The van der Waals surface area contributed by atoms with E-state index in [0.29, 0.717) is 0 Å². The number of para-hydroxylation sites is 3. The van der Waals surface area contributed by atoms with Gasteiger partial charge in [-0.2, -0.15) is 0 Å². The molecule has 0 saturated heterocycles. The van der Waals surface area contributed by atoms with Gasteiger partial charge in [-0.25, -0.2) is 0 Å². The first-order valence-electron chi connectivity index (χ1n) is 11.0. The lowest BCUT2D eigenvalue weighted by molar-refractivity contribution is 1.11. The van der Waals surface area contributed by atoms with Gasteiger partial charge in [-0.15, -0.1) is 0 Å². The molecule has 1 aliphatic carbocycles. The first-order chi connectivity index (χ1) is 15.9. The highest BCUT2D eigenvalue weighted by Crippen LogP contribution is 2.36. The molecular formula is C31H26FN. The Morgan fingerprint density at radius 3 is 1.03 bits per heavy atom. The summed E-state index contributed by atoms with van der Waals surface area (Å²) in [4.78, 5) is 2.25. The van der Waals surface area contributed by atoms with Crippen LogP contribution >= 0.6 is 0 Å². The van der Waals surface area contributed by atoms with E-state index in [0.717, 1.165) is 6.42 Å². The number of benzene rings is 5. The highest BCUT2D eigenvalue weighted by molar-refractivity contribution is 5.77. The van der Waals surface area contributed by atoms with Crippen molar-refractivity contribution in [3.05, 3.63) is 151 Å². The Balaban J connectivity index is 0.000000162. The zero-order chi connectivity index (χ0) is 21.6. The second-order valence-corrected chi connectivity index (χ2v) is 7.83. The highest BCUT2D eigenvalue weighted by atomic mass is 19.0. The van der Waals surface area contributed by atoms with E-state index in [9.17, 15) is 0 Å². The van der Waals surface area contributed by atoms with Crippen molar-refractivity contribution in [2.45, 2.75) is 6.42 Å². The van der Waals surface area contributed by atoms with Crippen LogP contribution in [0.15, 0.2) is 140 Å². The molecule has 162 valence electrons. The summed E-state index contributed by atoms with van der Waals surface area (Å²) in [7, 11) is 0. The van der Waals surface area contributed by atoms with Crippen LogP contribution in [0, 0.1) is 0 Å². The molecule has 0 aromatic heterocycles. The van der Waals surface area contributed by atoms with E-state index >= 15 is 0 Å². The molecule has 0 spiro atoms. The van der Waals surface area contributed by atoms with Gasteiger partial charge in [-0.05, 0) is 65.1 Å². The predicted octanol–water partition coefficient (Wildman–Crippen LogP) is 8.57. The Labute approximate surface area is 195 Å². The molecule has 5 aromatic rings. The van der Waals surface area contributed by atoms with Gasteiger partial charge in [0, 0.05) is 17.1 Å². The van der Waals surface area contributed by atoms with Crippen molar-refractivity contribution in [3.63, 3.8) is 0 Å². The number of halogens is 1. The van der Waals surface area contributed by atoms with Gasteiger partial charge in [0.15, 0.2) is 0 Å². The second kappa shape index (κ2) is 10.4. The minimum absolute atomic E-state index is 0. The molecule has 5 aromatic carbocycles. The largest absolute Gasteiger partial charge is 0.311 e. The number of rotatable bonds is 3. The summed E-state index contributed by atoms with van der Waals surface area (Å²) < 4.78 is 0. The quantitative estimate of drug-likeness (QED) is 0.271. The fourth-order valence-corrected chi connectivity index (χ4v) is 4.26. The van der Waals surface area contributed by atoms with Crippen molar-refractivity contribution in [2.75, 3.05) is 4.90 Å². The molecule has 0 fully saturated rings. The fourth-order valence-electron chi connectivity index (χ4n) is 4.26. The van der Waals surface area contributed by atoms with Crippen molar-refractivity contribution in [2.24, 2.45) is 0 Å². The van der Waals surface area contributed by atoms with Crippen molar-refractivity contribution in [1.82, 2.24) is 0 Å². The molecule has 0 aliphatic heterocycles. The molecule has 1 nitrogen and oxygen atoms in total. The van der Waals surface area contributed by atoms with Gasteiger partial charge in [0.05, 0.1) is 0 Å². The normalized spacial score (nSPS) is 10.7. The van der Waals surface area contributed by atoms with E-state index in [1.165, 1.54) is 39.3 Å². The molecule has 0 atom stereocenters. The summed E-state index contributed by atoms with van der Waals surface area (Å²) in [6.45, 7) is 0. The molecule has 0 unspecified atom stereocenters. The topological polar surface area (TPSA) is 3.24 Å². The van der Waals surface area contributed by atoms with Crippen LogP contribution in [0.2, 0.25) is 0 Å². The third-order valence-corrected chi connectivity index (χ3v) is 5.75. The van der Waals surface area contributed by atoms with Gasteiger partial charge < -0.3 is 4.90 Å². The third kappa shape index (κ3) is 4.86. The molecule has 0 bridgehead atoms. The summed E-state index contributed by atoms with van der Waals surface area (Å²) in [6, 6.07) is 48.6. The van der Waals surface area contributed by atoms with Gasteiger partial charge in [0.25, 0.3) is 0 Å². The summed E-state index contributed by atoms with van der Waals surface area (Å²) in [5.74, 6) is 0. The Morgan fingerprint density at radius 2 is 0.667 bits per heavy atom. The summed E-state index contributed by atoms with van der Waals surface area (Å²) in [6.07, 6.45) is 1.10. The van der Waals surface area contributed by atoms with Crippen LogP contribution in [0.5, 0.6) is 0 Å². The maximum absolute atomic E-state index is 2.25. The SMILES string of the molecule is F.c1ccc(N(c2ccccc2)c2ccccc2)cc1.c1ccc2c(c1)Cc1ccccc1-2. The van der Waals surface area contributed by atoms with Crippen LogP contribution < -0.4 is 4.90 Å². The number of anilines is 3. The Morgan fingerprint density at radius 1 is 0.364 bits per heavy atom. The summed E-state index contributed by atoms with van der Waals surface area (Å²) >= 11 is 0. The predicted molar refractivity (Wildman–Crippen MR) is 138 cm³/mol. The summed E-state index contributed by atoms with van der Waals surface area (Å²) in [5.41, 5.74) is 9.25. The van der Waals surface area contributed by atoms with Crippen LogP contribution in [0.4, 0.5) is 21.8 Å². The van der Waals surface area contributed by atoms with E-state index in [4.69, 9.17) is 0 Å². The maximum Gasteiger partial charge on any atom is 0.0461 e. The monoisotopic (exact) mass is 431 g/mol. The average molecular weight is 432 g/mol. The molecule has 2 heteroatoms. The van der Waals surface area contributed by atoms with E-state index in [2.05, 4.69) is 126 Å². The molecule has 0 radical (unpaired) electrons. The molecule has 0 heterocycles. The van der Waals surface area contributed by atoms with Crippen molar-refractivity contribution >= 4 is 17.1 Å². The molecule has 0 amide bonds. The van der Waals surface area contributed by atoms with Crippen LogP contribution in [-0.2, 0) is 6.42 Å². The Kier molecular flexibility index (Phi) is 6.96. The maximum atomic E-state index is 2.25. The van der Waals surface area contributed by atoms with E-state index in [1.54, 1.807) is 0 Å². The second-order valence-electron chi connectivity index (χ2n) is 7.83. The fraction of sp³-hybridized carbons (Fsp3) is 0.0323. The number of nitrogens with zero attached hydrogens (tertiary/aromatic N) is 1. The lowest BCUT2D eigenvalue weighted by atomic mass is 10.1. The zero-order valence-corrected chi connectivity index (χ0v) is 18.3. The lowest BCUT2D eigenvalue weighted by Gasteiger charge is -2.25. The van der Waals surface area contributed by atoms with Gasteiger partial charge in [0.2, 0.25) is 0 Å². The zero-order valence-electron chi connectivity index (χ0n) is 18.3. The molecule has 1 aliphatic rings. The van der Waals surface area contributed by atoms with Crippen molar-refractivity contribution in [3.8, 4) is 11.1 Å². The summed E-state index contributed by atoms with van der Waals surface area (Å²) in [5, 5.41) is 0. The van der Waals surface area contributed by atoms with Crippen molar-refractivity contribution < 1.29 is 4.70 Å². The van der Waals surface area contributed by atoms with Crippen LogP contribution in [0.1, 0.15) is 11.1 Å². The Bertz CT molecular complexity index is 1150. The first kappa shape index (κ1) is 22.0. The Hall–Kier alpha value is -4.17. The van der Waals surface area contributed by atoms with Crippen LogP contribution in [0.25, 0.3) is 11.1 Å². The lowest BCUT2D eigenvalue weighted by Crippen LogP contribution is -2.09. The standard InChI is InChI=1S/C18H15N.C13H10.FH/c1-4-10-16(11-5-1)19(17-12-6-2-7-13-17)18-14-8-3-9-15-18;1-3-7-12-10(5-1)9-11-6-2-4-8-13(11)12;/h1-15H;1-8H,9H2;1H. The average Bonchev–Trinajstić information content (AvgIpc) is 3.26. The number of fused-ring (bicyclic) bond motifs is 3.